The lowest BCUT2D eigenvalue weighted by molar-refractivity contribution is 0.412. The minimum Gasteiger partial charge on any atom is -0.495 e. The minimum atomic E-state index is -0.465. The summed E-state index contributed by atoms with van der Waals surface area (Å²) in [4.78, 5) is -0.00389. The number of thiocarbonyl (C=S) groups is 1. The Kier molecular flexibility index (Phi) is 5.18. The summed E-state index contributed by atoms with van der Waals surface area (Å²) in [5.41, 5.74) is 6.98. The van der Waals surface area contributed by atoms with E-state index in [-0.39, 0.29) is 10.6 Å². The van der Waals surface area contributed by atoms with Gasteiger partial charge in [-0.3, -0.25) is 0 Å². The summed E-state index contributed by atoms with van der Waals surface area (Å²) in [5, 5.41) is 3.11. The summed E-state index contributed by atoms with van der Waals surface area (Å²) in [6.07, 6.45) is 0. The molecule has 3 nitrogen and oxygen atoms in total. The lowest BCUT2D eigenvalue weighted by Gasteiger charge is -2.15. The summed E-state index contributed by atoms with van der Waals surface area (Å²) in [6.45, 7) is 0. The monoisotopic (exact) mass is 432 g/mol. The standard InChI is InChI=1S/C14H11Br2FN2OS/c1-20-12-6-11(7(15)5-8(12)16)19-10-4-2-3-9(17)13(10)14(18)21/h2-6,19H,1H3,(H2,18,21). The molecule has 110 valence electrons. The Balaban J connectivity index is 2.48. The number of nitrogens with one attached hydrogen (secondary N) is 1. The average molecular weight is 434 g/mol. The van der Waals surface area contributed by atoms with Crippen LogP contribution in [0.3, 0.4) is 0 Å². The fraction of sp³-hybridized carbons (Fsp3) is 0.0714. The predicted octanol–water partition coefficient (Wildman–Crippen LogP) is 4.74. The summed E-state index contributed by atoms with van der Waals surface area (Å²) < 4.78 is 20.7. The number of nitrogens with two attached hydrogens (primary N) is 1. The van der Waals surface area contributed by atoms with Crippen LogP contribution in [0.2, 0.25) is 0 Å². The Bertz CT molecular complexity index is 710. The maximum Gasteiger partial charge on any atom is 0.135 e. The first-order chi connectivity index (χ1) is 9.93. The number of hydrogen-bond acceptors (Lipinski definition) is 3. The highest BCUT2D eigenvalue weighted by Crippen LogP contribution is 2.36. The highest BCUT2D eigenvalue weighted by molar-refractivity contribution is 9.11. The van der Waals surface area contributed by atoms with Gasteiger partial charge in [0.1, 0.15) is 16.6 Å². The molecule has 3 N–H and O–H groups in total. The van der Waals surface area contributed by atoms with Gasteiger partial charge < -0.3 is 15.8 Å². The highest BCUT2D eigenvalue weighted by atomic mass is 79.9. The van der Waals surface area contributed by atoms with Gasteiger partial charge in [0.15, 0.2) is 0 Å². The number of anilines is 2. The number of methoxy groups -OCH3 is 1. The third-order valence-corrected chi connectivity index (χ3v) is 4.25. The quantitative estimate of drug-likeness (QED) is 0.683. The van der Waals surface area contributed by atoms with Gasteiger partial charge >= 0.3 is 0 Å². The Morgan fingerprint density at radius 3 is 2.57 bits per heavy atom. The third-order valence-electron chi connectivity index (χ3n) is 2.77. The second-order valence-corrected chi connectivity index (χ2v) is 6.27. The molecule has 0 atom stereocenters. The van der Waals surface area contributed by atoms with E-state index in [1.165, 1.54) is 6.07 Å². The molecule has 0 saturated heterocycles. The number of benzene rings is 2. The Morgan fingerprint density at radius 1 is 1.24 bits per heavy atom. The summed E-state index contributed by atoms with van der Waals surface area (Å²) >= 11 is 11.7. The molecular formula is C14H11Br2FN2OS. The minimum absolute atomic E-state index is 0.00389. The smallest absolute Gasteiger partial charge is 0.135 e. The first-order valence-corrected chi connectivity index (χ1v) is 7.82. The van der Waals surface area contributed by atoms with Crippen LogP contribution in [0.5, 0.6) is 5.75 Å². The number of ether oxygens (including phenoxy) is 1. The molecular weight excluding hydrogens is 423 g/mol. The maximum atomic E-state index is 13.9. The molecule has 0 bridgehead atoms. The van der Waals surface area contributed by atoms with Crippen LogP contribution in [0, 0.1) is 5.82 Å². The van der Waals surface area contributed by atoms with Crippen LogP contribution in [0.25, 0.3) is 0 Å². The molecule has 0 aliphatic carbocycles. The van der Waals surface area contributed by atoms with Crippen LogP contribution in [-0.4, -0.2) is 12.1 Å². The van der Waals surface area contributed by atoms with Crippen LogP contribution in [0.4, 0.5) is 15.8 Å². The molecule has 0 aliphatic heterocycles. The van der Waals surface area contributed by atoms with Crippen molar-refractivity contribution in [3.63, 3.8) is 0 Å². The second kappa shape index (κ2) is 6.72. The van der Waals surface area contributed by atoms with Gasteiger partial charge in [-0.05, 0) is 50.1 Å². The molecule has 0 aromatic heterocycles. The maximum absolute atomic E-state index is 13.9. The topological polar surface area (TPSA) is 47.3 Å². The molecule has 0 heterocycles. The van der Waals surface area contributed by atoms with Crippen molar-refractivity contribution in [2.75, 3.05) is 12.4 Å². The second-order valence-electron chi connectivity index (χ2n) is 4.12. The predicted molar refractivity (Wildman–Crippen MR) is 94.0 cm³/mol. The van der Waals surface area contributed by atoms with E-state index in [9.17, 15) is 4.39 Å². The number of halogens is 3. The van der Waals surface area contributed by atoms with Crippen molar-refractivity contribution in [3.05, 3.63) is 50.7 Å². The van der Waals surface area contributed by atoms with Crippen LogP contribution >= 0.6 is 44.1 Å². The number of hydrogen-bond donors (Lipinski definition) is 2. The van der Waals surface area contributed by atoms with Crippen molar-refractivity contribution in [1.29, 1.82) is 0 Å². The molecule has 0 spiro atoms. The van der Waals surface area contributed by atoms with Gasteiger partial charge in [-0.2, -0.15) is 0 Å². The van der Waals surface area contributed by atoms with E-state index in [0.29, 0.717) is 17.1 Å². The third kappa shape index (κ3) is 3.53. The summed E-state index contributed by atoms with van der Waals surface area (Å²) in [5.74, 6) is 0.182. The van der Waals surface area contributed by atoms with E-state index in [4.69, 9.17) is 22.7 Å². The molecule has 2 aromatic carbocycles. The van der Waals surface area contributed by atoms with Gasteiger partial charge in [-0.1, -0.05) is 18.3 Å². The van der Waals surface area contributed by atoms with Gasteiger partial charge in [0.05, 0.1) is 28.5 Å². The molecule has 0 fully saturated rings. The van der Waals surface area contributed by atoms with E-state index >= 15 is 0 Å². The SMILES string of the molecule is COc1cc(Nc2cccc(F)c2C(N)=S)c(Br)cc1Br. The Morgan fingerprint density at radius 2 is 1.95 bits per heavy atom. The molecule has 0 radical (unpaired) electrons. The van der Waals surface area contributed by atoms with Gasteiger partial charge in [-0.25, -0.2) is 4.39 Å². The van der Waals surface area contributed by atoms with Gasteiger partial charge in [0.25, 0.3) is 0 Å². The van der Waals surface area contributed by atoms with Crippen LogP contribution < -0.4 is 15.8 Å². The van der Waals surface area contributed by atoms with Crippen molar-refractivity contribution in [2.24, 2.45) is 5.73 Å². The van der Waals surface area contributed by atoms with Crippen molar-refractivity contribution in [3.8, 4) is 5.75 Å². The molecule has 7 heteroatoms. The Hall–Kier alpha value is -1.18. The molecule has 0 amide bonds. The van der Waals surface area contributed by atoms with Crippen molar-refractivity contribution in [1.82, 2.24) is 0 Å². The lowest BCUT2D eigenvalue weighted by atomic mass is 10.1. The molecule has 0 saturated carbocycles. The molecule has 2 aromatic rings. The summed E-state index contributed by atoms with van der Waals surface area (Å²) in [6, 6.07) is 8.22. The molecule has 2 rings (SSSR count). The van der Waals surface area contributed by atoms with Crippen LogP contribution in [0.1, 0.15) is 5.56 Å². The highest BCUT2D eigenvalue weighted by Gasteiger charge is 2.13. The van der Waals surface area contributed by atoms with Gasteiger partial charge in [0, 0.05) is 10.5 Å². The van der Waals surface area contributed by atoms with E-state index in [2.05, 4.69) is 37.2 Å². The fourth-order valence-electron chi connectivity index (χ4n) is 1.81. The van der Waals surface area contributed by atoms with Crippen molar-refractivity contribution in [2.45, 2.75) is 0 Å². The zero-order valence-electron chi connectivity index (χ0n) is 10.9. The number of rotatable bonds is 4. The summed E-state index contributed by atoms with van der Waals surface area (Å²) in [7, 11) is 1.57. The lowest BCUT2D eigenvalue weighted by Crippen LogP contribution is -2.14. The van der Waals surface area contributed by atoms with Crippen molar-refractivity contribution >= 4 is 60.4 Å². The molecule has 0 aliphatic rings. The zero-order valence-corrected chi connectivity index (χ0v) is 14.9. The van der Waals surface area contributed by atoms with Crippen molar-refractivity contribution < 1.29 is 9.13 Å². The van der Waals surface area contributed by atoms with Gasteiger partial charge in [-0.15, -0.1) is 0 Å². The first kappa shape index (κ1) is 16.2. The molecule has 21 heavy (non-hydrogen) atoms. The van der Waals surface area contributed by atoms with Crippen LogP contribution in [0.15, 0.2) is 39.3 Å². The van der Waals surface area contributed by atoms with E-state index in [1.54, 1.807) is 25.3 Å². The van der Waals surface area contributed by atoms with E-state index < -0.39 is 5.82 Å². The normalized spacial score (nSPS) is 10.3. The van der Waals surface area contributed by atoms with Gasteiger partial charge in [0.2, 0.25) is 0 Å². The average Bonchev–Trinajstić information content (AvgIpc) is 2.41. The zero-order chi connectivity index (χ0) is 15.6. The van der Waals surface area contributed by atoms with E-state index in [0.717, 1.165) is 8.95 Å². The fourth-order valence-corrected chi connectivity index (χ4v) is 3.27. The Labute approximate surface area is 143 Å². The largest absolute Gasteiger partial charge is 0.495 e. The van der Waals surface area contributed by atoms with E-state index in [1.807, 2.05) is 6.07 Å². The molecule has 0 unspecified atom stereocenters. The first-order valence-electron chi connectivity index (χ1n) is 5.82. The van der Waals surface area contributed by atoms with Crippen LogP contribution in [-0.2, 0) is 0 Å².